The number of hydrogen-bond acceptors (Lipinski definition) is 2. The van der Waals surface area contributed by atoms with Crippen molar-refractivity contribution in [2.45, 2.75) is 39.0 Å². The van der Waals surface area contributed by atoms with E-state index in [1.807, 2.05) is 25.1 Å². The van der Waals surface area contributed by atoms with E-state index in [4.69, 9.17) is 0 Å². The lowest BCUT2D eigenvalue weighted by atomic mass is 9.89. The number of halogens is 1. The van der Waals surface area contributed by atoms with Crippen LogP contribution in [0.1, 0.15) is 37.7 Å². The van der Waals surface area contributed by atoms with Crippen LogP contribution < -0.4 is 10.6 Å². The molecule has 0 heterocycles. The van der Waals surface area contributed by atoms with Crippen LogP contribution in [0.4, 0.5) is 5.69 Å². The first kappa shape index (κ1) is 16.0. The summed E-state index contributed by atoms with van der Waals surface area (Å²) in [5.41, 5.74) is 1.80. The van der Waals surface area contributed by atoms with Crippen molar-refractivity contribution in [2.24, 2.45) is 5.92 Å². The maximum Gasteiger partial charge on any atom is 0.243 e. The van der Waals surface area contributed by atoms with Crippen molar-refractivity contribution in [1.29, 1.82) is 0 Å². The van der Waals surface area contributed by atoms with Gasteiger partial charge in [-0.2, -0.15) is 0 Å². The number of benzene rings is 1. The highest BCUT2D eigenvalue weighted by molar-refractivity contribution is 9.10. The summed E-state index contributed by atoms with van der Waals surface area (Å²) in [6.45, 7) is 2.00. The van der Waals surface area contributed by atoms with Gasteiger partial charge < -0.3 is 10.6 Å². The van der Waals surface area contributed by atoms with Crippen molar-refractivity contribution in [3.63, 3.8) is 0 Å². The van der Waals surface area contributed by atoms with Gasteiger partial charge in [-0.3, -0.25) is 9.59 Å². The second-order valence-corrected chi connectivity index (χ2v) is 6.42. The summed E-state index contributed by atoms with van der Waals surface area (Å²) in [5.74, 6) is -0.0980. The molecule has 1 aromatic rings. The molecule has 2 amide bonds. The summed E-state index contributed by atoms with van der Waals surface area (Å²) in [5, 5.41) is 5.53. The summed E-state index contributed by atoms with van der Waals surface area (Å²) in [6, 6.07) is 5.62. The van der Waals surface area contributed by atoms with Gasteiger partial charge in [-0.05, 0) is 43.5 Å². The van der Waals surface area contributed by atoms with Gasteiger partial charge in [0.05, 0.1) is 6.54 Å². The molecule has 0 radical (unpaired) electrons. The second kappa shape index (κ2) is 7.59. The van der Waals surface area contributed by atoms with Gasteiger partial charge in [0.15, 0.2) is 0 Å². The lowest BCUT2D eigenvalue weighted by Gasteiger charge is -2.20. The summed E-state index contributed by atoms with van der Waals surface area (Å²) in [4.78, 5) is 23.8. The fourth-order valence-electron chi connectivity index (χ4n) is 2.60. The van der Waals surface area contributed by atoms with E-state index in [-0.39, 0.29) is 24.3 Å². The second-order valence-electron chi connectivity index (χ2n) is 5.56. The smallest absolute Gasteiger partial charge is 0.243 e. The summed E-state index contributed by atoms with van der Waals surface area (Å²) >= 11 is 3.42. The van der Waals surface area contributed by atoms with Gasteiger partial charge in [0.2, 0.25) is 11.8 Å². The molecule has 0 spiro atoms. The molecular formula is C16H21BrN2O2. The molecule has 4 nitrogen and oxygen atoms in total. The standard InChI is InChI=1S/C16H21BrN2O2/c1-11-9-13(7-8-14(11)17)19-15(20)10-18-16(21)12-5-3-2-4-6-12/h7-9,12H,2-6,10H2,1H3,(H,18,21)(H,19,20). The molecule has 0 aromatic heterocycles. The SMILES string of the molecule is Cc1cc(NC(=O)CNC(=O)C2CCCCC2)ccc1Br. The van der Waals surface area contributed by atoms with Crippen LogP contribution in [0, 0.1) is 12.8 Å². The van der Waals surface area contributed by atoms with Gasteiger partial charge in [0.25, 0.3) is 0 Å². The highest BCUT2D eigenvalue weighted by Gasteiger charge is 2.21. The quantitative estimate of drug-likeness (QED) is 0.872. The Morgan fingerprint density at radius 1 is 1.24 bits per heavy atom. The van der Waals surface area contributed by atoms with Crippen LogP contribution in [0.2, 0.25) is 0 Å². The van der Waals surface area contributed by atoms with E-state index in [9.17, 15) is 9.59 Å². The Hall–Kier alpha value is -1.36. The van der Waals surface area contributed by atoms with Gasteiger partial charge >= 0.3 is 0 Å². The van der Waals surface area contributed by atoms with Crippen molar-refractivity contribution in [2.75, 3.05) is 11.9 Å². The molecule has 21 heavy (non-hydrogen) atoms. The Bertz CT molecular complexity index is 525. The first-order valence-electron chi connectivity index (χ1n) is 7.40. The van der Waals surface area contributed by atoms with Crippen LogP contribution in [0.15, 0.2) is 22.7 Å². The Kier molecular flexibility index (Phi) is 5.79. The number of carbonyl (C=O) groups excluding carboxylic acids is 2. The van der Waals surface area contributed by atoms with Gasteiger partial charge in [-0.15, -0.1) is 0 Å². The van der Waals surface area contributed by atoms with E-state index in [1.54, 1.807) is 0 Å². The van der Waals surface area contributed by atoms with Crippen molar-refractivity contribution < 1.29 is 9.59 Å². The number of nitrogens with one attached hydrogen (secondary N) is 2. The maximum absolute atomic E-state index is 12.0. The predicted molar refractivity (Wildman–Crippen MR) is 87.1 cm³/mol. The Morgan fingerprint density at radius 3 is 2.62 bits per heavy atom. The molecule has 1 saturated carbocycles. The first-order valence-corrected chi connectivity index (χ1v) is 8.19. The van der Waals surface area contributed by atoms with E-state index >= 15 is 0 Å². The number of hydrogen-bond donors (Lipinski definition) is 2. The molecule has 1 aliphatic carbocycles. The third-order valence-corrected chi connectivity index (χ3v) is 4.73. The number of anilines is 1. The number of aryl methyl sites for hydroxylation is 1. The highest BCUT2D eigenvalue weighted by atomic mass is 79.9. The Morgan fingerprint density at radius 2 is 1.95 bits per heavy atom. The zero-order valence-corrected chi connectivity index (χ0v) is 13.8. The van der Waals surface area contributed by atoms with E-state index in [0.29, 0.717) is 0 Å². The minimum atomic E-state index is -0.194. The minimum Gasteiger partial charge on any atom is -0.347 e. The average Bonchev–Trinajstić information content (AvgIpc) is 2.49. The molecule has 0 saturated heterocycles. The number of amides is 2. The molecule has 1 fully saturated rings. The third kappa shape index (κ3) is 4.84. The average molecular weight is 353 g/mol. The summed E-state index contributed by atoms with van der Waals surface area (Å²) in [6.07, 6.45) is 5.33. The summed E-state index contributed by atoms with van der Waals surface area (Å²) < 4.78 is 1.01. The molecule has 0 atom stereocenters. The zero-order valence-electron chi connectivity index (χ0n) is 12.2. The van der Waals surface area contributed by atoms with Crippen molar-refractivity contribution >= 4 is 33.4 Å². The lowest BCUT2D eigenvalue weighted by molar-refractivity contribution is -0.128. The van der Waals surface area contributed by atoms with E-state index < -0.39 is 0 Å². The van der Waals surface area contributed by atoms with Crippen molar-refractivity contribution in [1.82, 2.24) is 5.32 Å². The maximum atomic E-state index is 12.0. The molecule has 0 aliphatic heterocycles. The van der Waals surface area contributed by atoms with E-state index in [0.717, 1.165) is 41.4 Å². The highest BCUT2D eigenvalue weighted by Crippen LogP contribution is 2.23. The molecular weight excluding hydrogens is 332 g/mol. The molecule has 1 aliphatic rings. The number of carbonyl (C=O) groups is 2. The van der Waals surface area contributed by atoms with Crippen LogP contribution in [-0.2, 0) is 9.59 Å². The molecule has 0 unspecified atom stereocenters. The number of rotatable bonds is 4. The topological polar surface area (TPSA) is 58.2 Å². The van der Waals surface area contributed by atoms with Gasteiger partial charge in [0, 0.05) is 16.1 Å². The Balaban J connectivity index is 1.78. The van der Waals surface area contributed by atoms with Crippen molar-refractivity contribution in [3.8, 4) is 0 Å². The molecule has 2 N–H and O–H groups in total. The van der Waals surface area contributed by atoms with E-state index in [2.05, 4.69) is 26.6 Å². The molecule has 0 bridgehead atoms. The molecule has 2 rings (SSSR count). The Labute approximate surface area is 133 Å². The van der Waals surface area contributed by atoms with Crippen LogP contribution in [0.5, 0.6) is 0 Å². The fourth-order valence-corrected chi connectivity index (χ4v) is 2.85. The lowest BCUT2D eigenvalue weighted by Crippen LogP contribution is -2.37. The van der Waals surface area contributed by atoms with Crippen LogP contribution in [-0.4, -0.2) is 18.4 Å². The largest absolute Gasteiger partial charge is 0.347 e. The van der Waals surface area contributed by atoms with E-state index in [1.165, 1.54) is 6.42 Å². The summed E-state index contributed by atoms with van der Waals surface area (Å²) in [7, 11) is 0. The zero-order chi connectivity index (χ0) is 15.2. The van der Waals surface area contributed by atoms with Crippen LogP contribution in [0.3, 0.4) is 0 Å². The van der Waals surface area contributed by atoms with Gasteiger partial charge in [-0.25, -0.2) is 0 Å². The van der Waals surface area contributed by atoms with Crippen molar-refractivity contribution in [3.05, 3.63) is 28.2 Å². The monoisotopic (exact) mass is 352 g/mol. The van der Waals surface area contributed by atoms with Crippen LogP contribution in [0.25, 0.3) is 0 Å². The predicted octanol–water partition coefficient (Wildman–Crippen LogP) is 3.39. The van der Waals surface area contributed by atoms with Gasteiger partial charge in [-0.1, -0.05) is 35.2 Å². The molecule has 114 valence electrons. The first-order chi connectivity index (χ1) is 10.1. The molecule has 5 heteroatoms. The normalized spacial score (nSPS) is 15.5. The molecule has 1 aromatic carbocycles. The third-order valence-electron chi connectivity index (χ3n) is 3.84. The fraction of sp³-hybridized carbons (Fsp3) is 0.500. The minimum absolute atomic E-state index is 0.0110. The van der Waals surface area contributed by atoms with Crippen LogP contribution >= 0.6 is 15.9 Å². The van der Waals surface area contributed by atoms with Gasteiger partial charge in [0.1, 0.15) is 0 Å².